The quantitative estimate of drug-likeness (QED) is 0.713. The highest BCUT2D eigenvalue weighted by Crippen LogP contribution is 2.39. The Labute approximate surface area is 125 Å². The van der Waals surface area contributed by atoms with Crippen molar-refractivity contribution in [2.75, 3.05) is 13.2 Å². The van der Waals surface area contributed by atoms with E-state index in [4.69, 9.17) is 80.4 Å². The van der Waals surface area contributed by atoms with E-state index in [2.05, 4.69) is 0 Å². The highest BCUT2D eigenvalue weighted by atomic mass is 35.5. The Morgan fingerprint density at radius 1 is 0.688 bits per heavy atom. The summed E-state index contributed by atoms with van der Waals surface area (Å²) in [5, 5.41) is 5.13. The molecule has 0 aromatic carbocycles. The summed E-state index contributed by atoms with van der Waals surface area (Å²) < 4.78 is 0. The number of rotatable bonds is 1. The van der Waals surface area contributed by atoms with Crippen LogP contribution in [0.4, 0.5) is 0 Å². The van der Waals surface area contributed by atoms with E-state index in [1.807, 2.05) is 0 Å². The molecule has 0 spiro atoms. The maximum atomic E-state index is 7.75. The number of hydrogen-bond acceptors (Lipinski definition) is 2. The van der Waals surface area contributed by atoms with Crippen LogP contribution < -0.4 is 5.73 Å². The zero-order valence-electron chi connectivity index (χ0n) is 8.17. The van der Waals surface area contributed by atoms with Crippen LogP contribution in [0.5, 0.6) is 0 Å². The zero-order valence-corrected chi connectivity index (χ0v) is 12.7. The fourth-order valence-corrected chi connectivity index (χ4v) is 3.38. The SMILES string of the molecule is Cl[C@H]1[C@H](Cl)[C@@H](Cl)[C@@H](Cl)[C@H](Cl)[C@H]1Cl.NCCO. The van der Waals surface area contributed by atoms with Crippen LogP contribution in [-0.2, 0) is 0 Å². The molecular formula is C8H13Cl6NO. The molecule has 3 N–H and O–H groups in total. The van der Waals surface area contributed by atoms with Crippen molar-refractivity contribution in [3.8, 4) is 0 Å². The van der Waals surface area contributed by atoms with Gasteiger partial charge in [-0.15, -0.1) is 69.6 Å². The summed E-state index contributed by atoms with van der Waals surface area (Å²) in [6.07, 6.45) is 0. The van der Waals surface area contributed by atoms with E-state index in [0.717, 1.165) is 0 Å². The van der Waals surface area contributed by atoms with Crippen molar-refractivity contribution >= 4 is 69.6 Å². The number of hydrogen-bond donors (Lipinski definition) is 2. The third-order valence-corrected chi connectivity index (χ3v) is 5.99. The number of halogens is 6. The first-order chi connectivity index (χ1) is 7.38. The van der Waals surface area contributed by atoms with Crippen molar-refractivity contribution in [1.82, 2.24) is 0 Å². The lowest BCUT2D eigenvalue weighted by atomic mass is 9.97. The molecule has 1 aliphatic rings. The fourth-order valence-electron chi connectivity index (χ4n) is 1.05. The molecule has 0 atom stereocenters. The molecular weight excluding hydrogens is 339 g/mol. The van der Waals surface area contributed by atoms with Gasteiger partial charge in [0, 0.05) is 6.54 Å². The number of aliphatic hydroxyl groups excluding tert-OH is 1. The lowest BCUT2D eigenvalue weighted by molar-refractivity contribution is 0.306. The van der Waals surface area contributed by atoms with Gasteiger partial charge in [-0.05, 0) is 0 Å². The monoisotopic (exact) mass is 349 g/mol. The highest BCUT2D eigenvalue weighted by molar-refractivity contribution is 6.45. The molecule has 1 fully saturated rings. The normalized spacial score (nSPS) is 43.5. The minimum Gasteiger partial charge on any atom is -0.395 e. The summed E-state index contributed by atoms with van der Waals surface area (Å²) in [6, 6.07) is 0. The standard InChI is InChI=1S/C6H6Cl6.C2H7NO/c7-1-2(8)4(10)6(12)5(11)3(1)9;3-1-2-4/h1-6H;4H,1-3H2/t1-,2-,3-,4+,5+,6+;. The third kappa shape index (κ3) is 4.74. The summed E-state index contributed by atoms with van der Waals surface area (Å²) in [5.41, 5.74) is 4.78. The fraction of sp³-hybridized carbons (Fsp3) is 1.00. The average molecular weight is 352 g/mol. The smallest absolute Gasteiger partial charge is 0.0693 e. The molecule has 2 nitrogen and oxygen atoms in total. The molecule has 0 bridgehead atoms. The topological polar surface area (TPSA) is 46.2 Å². The molecule has 1 rings (SSSR count). The summed E-state index contributed by atoms with van der Waals surface area (Å²) in [6.45, 7) is 0.472. The number of aliphatic hydroxyl groups is 1. The molecule has 0 aromatic heterocycles. The van der Waals surface area contributed by atoms with Gasteiger partial charge in [0.15, 0.2) is 0 Å². The van der Waals surface area contributed by atoms with E-state index in [0.29, 0.717) is 6.54 Å². The van der Waals surface area contributed by atoms with E-state index >= 15 is 0 Å². The van der Waals surface area contributed by atoms with Crippen molar-refractivity contribution in [2.45, 2.75) is 32.3 Å². The maximum Gasteiger partial charge on any atom is 0.0693 e. The predicted molar refractivity (Wildman–Crippen MR) is 74.0 cm³/mol. The van der Waals surface area contributed by atoms with Gasteiger partial charge in [-0.1, -0.05) is 0 Å². The summed E-state index contributed by atoms with van der Waals surface area (Å²) in [7, 11) is 0. The molecule has 0 radical (unpaired) electrons. The first kappa shape index (κ1) is 17.7. The lowest BCUT2D eigenvalue weighted by Gasteiger charge is -2.37. The van der Waals surface area contributed by atoms with Gasteiger partial charge in [-0.25, -0.2) is 0 Å². The van der Waals surface area contributed by atoms with Gasteiger partial charge in [-0.2, -0.15) is 0 Å². The second-order valence-electron chi connectivity index (χ2n) is 3.18. The average Bonchev–Trinajstić information content (AvgIpc) is 2.31. The molecule has 0 saturated heterocycles. The Bertz CT molecular complexity index is 137. The largest absolute Gasteiger partial charge is 0.395 e. The van der Waals surface area contributed by atoms with Crippen LogP contribution in [0.25, 0.3) is 0 Å². The summed E-state index contributed by atoms with van der Waals surface area (Å²) in [4.78, 5) is 0. The second kappa shape index (κ2) is 8.71. The Hall–Kier alpha value is 1.66. The van der Waals surface area contributed by atoms with Crippen LogP contribution in [0.1, 0.15) is 0 Å². The molecule has 0 amide bonds. The van der Waals surface area contributed by atoms with Crippen LogP contribution in [0.15, 0.2) is 0 Å². The number of nitrogens with two attached hydrogens (primary N) is 1. The molecule has 8 heteroatoms. The van der Waals surface area contributed by atoms with Gasteiger partial charge < -0.3 is 10.8 Å². The van der Waals surface area contributed by atoms with E-state index in [9.17, 15) is 0 Å². The van der Waals surface area contributed by atoms with Gasteiger partial charge in [0.05, 0.1) is 38.9 Å². The van der Waals surface area contributed by atoms with Gasteiger partial charge in [0.25, 0.3) is 0 Å². The third-order valence-electron chi connectivity index (χ3n) is 1.95. The van der Waals surface area contributed by atoms with E-state index in [1.165, 1.54) is 0 Å². The van der Waals surface area contributed by atoms with Crippen molar-refractivity contribution in [1.29, 1.82) is 0 Å². The van der Waals surface area contributed by atoms with Crippen LogP contribution in [-0.4, -0.2) is 50.5 Å². The van der Waals surface area contributed by atoms with Crippen molar-refractivity contribution in [3.05, 3.63) is 0 Å². The Kier molecular flexibility index (Phi) is 9.61. The van der Waals surface area contributed by atoms with Crippen LogP contribution >= 0.6 is 69.6 Å². The molecule has 0 aliphatic heterocycles. The van der Waals surface area contributed by atoms with Crippen LogP contribution in [0.3, 0.4) is 0 Å². The van der Waals surface area contributed by atoms with Crippen LogP contribution in [0, 0.1) is 0 Å². The number of alkyl halides is 6. The molecule has 0 aromatic rings. The maximum absolute atomic E-state index is 7.75. The van der Waals surface area contributed by atoms with E-state index in [1.54, 1.807) is 0 Å². The first-order valence-corrected chi connectivity index (χ1v) is 7.15. The molecule has 16 heavy (non-hydrogen) atoms. The van der Waals surface area contributed by atoms with Gasteiger partial charge >= 0.3 is 0 Å². The van der Waals surface area contributed by atoms with E-state index in [-0.39, 0.29) is 6.61 Å². The van der Waals surface area contributed by atoms with Crippen molar-refractivity contribution in [2.24, 2.45) is 5.73 Å². The van der Waals surface area contributed by atoms with Crippen molar-refractivity contribution < 1.29 is 5.11 Å². The highest BCUT2D eigenvalue weighted by Gasteiger charge is 2.46. The predicted octanol–water partition coefficient (Wildman–Crippen LogP) is 2.58. The first-order valence-electron chi connectivity index (χ1n) is 4.53. The van der Waals surface area contributed by atoms with Gasteiger partial charge in [0.1, 0.15) is 0 Å². The molecule has 0 unspecified atom stereocenters. The Morgan fingerprint density at radius 2 is 0.812 bits per heavy atom. The Balaban J connectivity index is 0.000000487. The zero-order chi connectivity index (χ0) is 12.9. The minimum atomic E-state index is -0.437. The molecule has 1 saturated carbocycles. The lowest BCUT2D eigenvalue weighted by Crippen LogP contribution is -2.52. The van der Waals surface area contributed by atoms with Gasteiger partial charge in [0.2, 0.25) is 0 Å². The molecule has 98 valence electrons. The van der Waals surface area contributed by atoms with Crippen LogP contribution in [0.2, 0.25) is 0 Å². The molecule has 0 heterocycles. The van der Waals surface area contributed by atoms with Crippen molar-refractivity contribution in [3.63, 3.8) is 0 Å². The Morgan fingerprint density at radius 3 is 0.875 bits per heavy atom. The summed E-state index contributed by atoms with van der Waals surface area (Å²) in [5.74, 6) is 0. The second-order valence-corrected chi connectivity index (χ2v) is 6.20. The molecule has 1 aliphatic carbocycles. The van der Waals surface area contributed by atoms with Gasteiger partial charge in [-0.3, -0.25) is 0 Å². The van der Waals surface area contributed by atoms with E-state index < -0.39 is 32.3 Å². The summed E-state index contributed by atoms with van der Waals surface area (Å²) >= 11 is 35.3. The minimum absolute atomic E-state index is 0.0972.